The Labute approximate surface area is 86.2 Å². The Bertz CT molecular complexity index is 299. The average molecular weight is 242 g/mol. The van der Waals surface area contributed by atoms with Crippen LogP contribution in [0, 0.1) is 0 Å². The van der Waals surface area contributed by atoms with Gasteiger partial charge in [-0.25, -0.2) is 0 Å². The second kappa shape index (κ2) is 3.78. The summed E-state index contributed by atoms with van der Waals surface area (Å²) >= 11 is 3.43. The van der Waals surface area contributed by atoms with Gasteiger partial charge in [0.15, 0.2) is 0 Å². The van der Waals surface area contributed by atoms with Crippen molar-refractivity contribution < 1.29 is 4.74 Å². The Morgan fingerprint density at radius 1 is 1.62 bits per heavy atom. The predicted octanol–water partition coefficient (Wildman–Crippen LogP) is 2.24. The fraction of sp³-hybridized carbons (Fsp3) is 0.400. The van der Waals surface area contributed by atoms with Crippen LogP contribution in [0.4, 0.5) is 0 Å². The van der Waals surface area contributed by atoms with Crippen molar-refractivity contribution in [1.29, 1.82) is 0 Å². The quantitative estimate of drug-likeness (QED) is 0.825. The van der Waals surface area contributed by atoms with E-state index in [2.05, 4.69) is 28.1 Å². The zero-order valence-corrected chi connectivity index (χ0v) is 8.83. The van der Waals surface area contributed by atoms with Crippen LogP contribution in [-0.4, -0.2) is 12.7 Å². The Hall–Kier alpha value is -0.380. The summed E-state index contributed by atoms with van der Waals surface area (Å²) in [5, 5.41) is 0. The lowest BCUT2D eigenvalue weighted by molar-refractivity contribution is 0.382. The van der Waals surface area contributed by atoms with Crippen molar-refractivity contribution in [2.45, 2.75) is 18.6 Å². The molecular weight excluding hydrogens is 230 g/mol. The fourth-order valence-electron chi connectivity index (χ4n) is 1.36. The second-order valence-electron chi connectivity index (χ2n) is 3.35. The summed E-state index contributed by atoms with van der Waals surface area (Å²) in [4.78, 5) is 0. The van der Waals surface area contributed by atoms with E-state index in [0.29, 0.717) is 6.10 Å². The molecule has 1 unspecified atom stereocenters. The van der Waals surface area contributed by atoms with E-state index in [1.807, 2.05) is 12.1 Å². The van der Waals surface area contributed by atoms with Gasteiger partial charge in [-0.2, -0.15) is 0 Å². The maximum Gasteiger partial charge on any atom is 0.0828 e. The summed E-state index contributed by atoms with van der Waals surface area (Å²) in [5.74, 6) is 0. The Kier molecular flexibility index (Phi) is 2.67. The van der Waals surface area contributed by atoms with Gasteiger partial charge in [-0.05, 0) is 24.1 Å². The smallest absolute Gasteiger partial charge is 0.0828 e. The first kappa shape index (κ1) is 9.19. The standard InChI is InChI=1S/C10H12BrNO/c11-8-3-1-2-7(4-8)10(12)5-9-6-13-9/h1-4,9-10H,5-6,12H2/t9?,10-/m1/s1. The van der Waals surface area contributed by atoms with Gasteiger partial charge in [-0.3, -0.25) is 0 Å². The zero-order chi connectivity index (χ0) is 9.26. The minimum atomic E-state index is 0.102. The highest BCUT2D eigenvalue weighted by atomic mass is 79.9. The Balaban J connectivity index is 2.04. The molecule has 2 rings (SSSR count). The van der Waals surface area contributed by atoms with E-state index in [9.17, 15) is 0 Å². The third-order valence-corrected chi connectivity index (χ3v) is 2.69. The lowest BCUT2D eigenvalue weighted by Crippen LogP contribution is -2.12. The number of ether oxygens (including phenoxy) is 1. The van der Waals surface area contributed by atoms with Crippen LogP contribution in [0.15, 0.2) is 28.7 Å². The predicted molar refractivity (Wildman–Crippen MR) is 55.4 cm³/mol. The van der Waals surface area contributed by atoms with Crippen LogP contribution in [0.1, 0.15) is 18.0 Å². The van der Waals surface area contributed by atoms with Crippen molar-refractivity contribution >= 4 is 15.9 Å². The van der Waals surface area contributed by atoms with Gasteiger partial charge >= 0.3 is 0 Å². The van der Waals surface area contributed by atoms with Crippen LogP contribution in [0.5, 0.6) is 0 Å². The van der Waals surface area contributed by atoms with Crippen molar-refractivity contribution in [3.63, 3.8) is 0 Å². The first-order valence-corrected chi connectivity index (χ1v) is 5.17. The number of hydrogen-bond acceptors (Lipinski definition) is 2. The summed E-state index contributed by atoms with van der Waals surface area (Å²) < 4.78 is 6.22. The maximum absolute atomic E-state index is 6.00. The van der Waals surface area contributed by atoms with E-state index in [0.717, 1.165) is 17.5 Å². The molecule has 2 N–H and O–H groups in total. The van der Waals surface area contributed by atoms with Crippen molar-refractivity contribution in [3.05, 3.63) is 34.3 Å². The highest BCUT2D eigenvalue weighted by molar-refractivity contribution is 9.10. The molecule has 1 aromatic carbocycles. The van der Waals surface area contributed by atoms with Crippen LogP contribution in [-0.2, 0) is 4.74 Å². The molecule has 0 saturated carbocycles. The molecule has 13 heavy (non-hydrogen) atoms. The Morgan fingerprint density at radius 2 is 2.38 bits per heavy atom. The van der Waals surface area contributed by atoms with Crippen LogP contribution in [0.25, 0.3) is 0 Å². The molecule has 0 radical (unpaired) electrons. The molecule has 0 amide bonds. The van der Waals surface area contributed by atoms with Gasteiger partial charge in [0.1, 0.15) is 0 Å². The molecule has 1 fully saturated rings. The topological polar surface area (TPSA) is 38.5 Å². The number of rotatable bonds is 3. The number of nitrogens with two attached hydrogens (primary N) is 1. The molecule has 0 aromatic heterocycles. The number of hydrogen-bond donors (Lipinski definition) is 1. The van der Waals surface area contributed by atoms with Gasteiger partial charge in [0.05, 0.1) is 12.7 Å². The van der Waals surface area contributed by atoms with Crippen LogP contribution in [0.3, 0.4) is 0 Å². The molecule has 70 valence electrons. The van der Waals surface area contributed by atoms with Gasteiger partial charge in [-0.1, -0.05) is 28.1 Å². The van der Waals surface area contributed by atoms with Gasteiger partial charge in [0.25, 0.3) is 0 Å². The van der Waals surface area contributed by atoms with Crippen LogP contribution < -0.4 is 5.73 Å². The SMILES string of the molecule is N[C@H](CC1CO1)c1cccc(Br)c1. The molecule has 1 heterocycles. The van der Waals surface area contributed by atoms with E-state index < -0.39 is 0 Å². The monoisotopic (exact) mass is 241 g/mol. The van der Waals surface area contributed by atoms with Gasteiger partial charge in [-0.15, -0.1) is 0 Å². The first-order valence-electron chi connectivity index (χ1n) is 4.38. The van der Waals surface area contributed by atoms with E-state index in [1.165, 1.54) is 5.56 Å². The van der Waals surface area contributed by atoms with Crippen molar-refractivity contribution in [2.75, 3.05) is 6.61 Å². The largest absolute Gasteiger partial charge is 0.373 e. The van der Waals surface area contributed by atoms with E-state index >= 15 is 0 Å². The van der Waals surface area contributed by atoms with E-state index in [1.54, 1.807) is 0 Å². The molecule has 2 nitrogen and oxygen atoms in total. The number of benzene rings is 1. The molecule has 0 bridgehead atoms. The summed E-state index contributed by atoms with van der Waals surface area (Å²) in [5.41, 5.74) is 7.18. The lowest BCUT2D eigenvalue weighted by atomic mass is 10.0. The van der Waals surface area contributed by atoms with Crippen LogP contribution in [0.2, 0.25) is 0 Å². The van der Waals surface area contributed by atoms with Gasteiger partial charge in [0, 0.05) is 10.5 Å². The molecule has 1 aliphatic rings. The van der Waals surface area contributed by atoms with E-state index in [4.69, 9.17) is 10.5 Å². The molecule has 2 atom stereocenters. The molecule has 0 spiro atoms. The average Bonchev–Trinajstić information content (AvgIpc) is 2.88. The first-order chi connectivity index (χ1) is 6.25. The van der Waals surface area contributed by atoms with Crippen LogP contribution >= 0.6 is 15.9 Å². The van der Waals surface area contributed by atoms with Gasteiger partial charge < -0.3 is 10.5 Å². The molecular formula is C10H12BrNO. The number of halogens is 1. The third kappa shape index (κ3) is 2.53. The highest BCUT2D eigenvalue weighted by Gasteiger charge is 2.25. The molecule has 1 aromatic rings. The van der Waals surface area contributed by atoms with Gasteiger partial charge in [0.2, 0.25) is 0 Å². The number of epoxide rings is 1. The Morgan fingerprint density at radius 3 is 3.00 bits per heavy atom. The van der Waals surface area contributed by atoms with E-state index in [-0.39, 0.29) is 6.04 Å². The molecule has 1 aliphatic heterocycles. The minimum absolute atomic E-state index is 0.102. The fourth-order valence-corrected chi connectivity index (χ4v) is 1.78. The van der Waals surface area contributed by atoms with Crippen molar-refractivity contribution in [1.82, 2.24) is 0 Å². The molecule has 3 heteroatoms. The minimum Gasteiger partial charge on any atom is -0.373 e. The summed E-state index contributed by atoms with van der Waals surface area (Å²) in [6.45, 7) is 0.877. The zero-order valence-electron chi connectivity index (χ0n) is 7.24. The molecule has 1 saturated heterocycles. The lowest BCUT2D eigenvalue weighted by Gasteiger charge is -2.10. The highest BCUT2D eigenvalue weighted by Crippen LogP contribution is 2.24. The summed E-state index contributed by atoms with van der Waals surface area (Å²) in [7, 11) is 0. The third-order valence-electron chi connectivity index (χ3n) is 2.20. The van der Waals surface area contributed by atoms with Crippen molar-refractivity contribution in [2.24, 2.45) is 5.73 Å². The molecule has 0 aliphatic carbocycles. The normalized spacial score (nSPS) is 22.8. The maximum atomic E-state index is 6.00. The van der Waals surface area contributed by atoms with Crippen molar-refractivity contribution in [3.8, 4) is 0 Å². The summed E-state index contributed by atoms with van der Waals surface area (Å²) in [6, 6.07) is 8.23. The second-order valence-corrected chi connectivity index (χ2v) is 4.27. The summed E-state index contributed by atoms with van der Waals surface area (Å²) in [6.07, 6.45) is 1.32.